The highest BCUT2D eigenvalue weighted by Crippen LogP contribution is 2.33. The number of halogens is 1. The Kier molecular flexibility index (Phi) is 5.81. The molecule has 19 heavy (non-hydrogen) atoms. The Balaban J connectivity index is 2.18. The third-order valence-corrected chi connectivity index (χ3v) is 4.29. The summed E-state index contributed by atoms with van der Waals surface area (Å²) >= 11 is 3.62. The van der Waals surface area contributed by atoms with Crippen molar-refractivity contribution >= 4 is 15.9 Å². The molecule has 108 valence electrons. The normalized spacial score (nSPS) is 18.7. The van der Waals surface area contributed by atoms with Gasteiger partial charge in [-0.15, -0.1) is 0 Å². The zero-order valence-electron chi connectivity index (χ0n) is 11.6. The molecular weight excluding hydrogens is 310 g/mol. The molecule has 1 atom stereocenters. The maximum atomic E-state index is 5.46. The first kappa shape index (κ1) is 15.0. The van der Waals surface area contributed by atoms with Gasteiger partial charge in [0.2, 0.25) is 0 Å². The molecule has 0 radical (unpaired) electrons. The van der Waals surface area contributed by atoms with Gasteiger partial charge in [-0.3, -0.25) is 4.68 Å². The number of aromatic nitrogens is 2. The van der Waals surface area contributed by atoms with Crippen LogP contribution in [0.5, 0.6) is 0 Å². The second-order valence-corrected chi connectivity index (χ2v) is 5.66. The highest BCUT2D eigenvalue weighted by Gasteiger charge is 2.28. The highest BCUT2D eigenvalue weighted by molar-refractivity contribution is 9.10. The van der Waals surface area contributed by atoms with E-state index >= 15 is 0 Å². The van der Waals surface area contributed by atoms with Gasteiger partial charge in [0.1, 0.15) is 0 Å². The number of nitrogens with one attached hydrogen (secondary N) is 1. The van der Waals surface area contributed by atoms with Gasteiger partial charge in [0.15, 0.2) is 0 Å². The van der Waals surface area contributed by atoms with E-state index in [1.807, 2.05) is 17.9 Å². The van der Waals surface area contributed by atoms with E-state index in [1.165, 1.54) is 5.69 Å². The molecule has 1 fully saturated rings. The zero-order chi connectivity index (χ0) is 13.7. The Morgan fingerprint density at radius 3 is 2.95 bits per heavy atom. The van der Waals surface area contributed by atoms with Crippen LogP contribution in [-0.4, -0.2) is 43.8 Å². The van der Waals surface area contributed by atoms with Crippen molar-refractivity contribution in [3.8, 4) is 0 Å². The molecule has 1 aromatic heterocycles. The smallest absolute Gasteiger partial charge is 0.0699 e. The molecule has 1 aliphatic heterocycles. The first-order valence-electron chi connectivity index (χ1n) is 6.73. The largest absolute Gasteiger partial charge is 0.383 e. The number of hydrogen-bond acceptors (Lipinski definition) is 4. The minimum absolute atomic E-state index is 0.303. The first-order valence-corrected chi connectivity index (χ1v) is 7.52. The summed E-state index contributed by atoms with van der Waals surface area (Å²) in [7, 11) is 3.73. The van der Waals surface area contributed by atoms with Crippen molar-refractivity contribution in [1.82, 2.24) is 15.1 Å². The Morgan fingerprint density at radius 2 is 2.32 bits per heavy atom. The molecule has 2 heterocycles. The third-order valence-electron chi connectivity index (χ3n) is 3.68. The second-order valence-electron chi connectivity index (χ2n) is 4.81. The van der Waals surface area contributed by atoms with Crippen molar-refractivity contribution in [2.75, 3.05) is 34.0 Å². The van der Waals surface area contributed by atoms with Crippen LogP contribution in [0.2, 0.25) is 0 Å². The van der Waals surface area contributed by atoms with E-state index in [0.717, 1.165) is 37.1 Å². The summed E-state index contributed by atoms with van der Waals surface area (Å²) in [5.74, 6) is 0.591. The van der Waals surface area contributed by atoms with E-state index < -0.39 is 0 Å². The van der Waals surface area contributed by atoms with Crippen LogP contribution in [-0.2, 0) is 16.0 Å². The number of ether oxygens (including phenoxy) is 2. The molecule has 0 saturated carbocycles. The summed E-state index contributed by atoms with van der Waals surface area (Å²) in [6, 6.07) is 0.303. The Bertz CT molecular complexity index is 391. The van der Waals surface area contributed by atoms with Crippen LogP contribution in [0.1, 0.15) is 24.6 Å². The minimum atomic E-state index is 0.303. The Morgan fingerprint density at radius 1 is 1.58 bits per heavy atom. The van der Waals surface area contributed by atoms with Gasteiger partial charge in [0, 0.05) is 20.3 Å². The summed E-state index contributed by atoms with van der Waals surface area (Å²) in [5, 5.41) is 7.88. The monoisotopic (exact) mass is 331 g/mol. The quantitative estimate of drug-likeness (QED) is 0.865. The van der Waals surface area contributed by atoms with Gasteiger partial charge in [0.05, 0.1) is 35.6 Å². The summed E-state index contributed by atoms with van der Waals surface area (Å²) in [4.78, 5) is 0. The highest BCUT2D eigenvalue weighted by atomic mass is 79.9. The van der Waals surface area contributed by atoms with Gasteiger partial charge in [-0.25, -0.2) is 0 Å². The SMILES string of the molecule is CNC(c1c(Br)cnn1CCOC)C1CCOCC1. The van der Waals surface area contributed by atoms with E-state index in [9.17, 15) is 0 Å². The predicted octanol–water partition coefficient (Wildman–Crippen LogP) is 1.98. The molecular formula is C13H22BrN3O2. The van der Waals surface area contributed by atoms with Gasteiger partial charge in [-0.05, 0) is 41.7 Å². The summed E-state index contributed by atoms with van der Waals surface area (Å²) in [6.07, 6.45) is 4.05. The zero-order valence-corrected chi connectivity index (χ0v) is 13.1. The van der Waals surface area contributed by atoms with Crippen LogP contribution in [0, 0.1) is 5.92 Å². The molecule has 1 aliphatic rings. The molecule has 1 unspecified atom stereocenters. The number of methoxy groups -OCH3 is 1. The Hall–Kier alpha value is -0.430. The lowest BCUT2D eigenvalue weighted by molar-refractivity contribution is 0.0531. The van der Waals surface area contributed by atoms with Crippen LogP contribution >= 0.6 is 15.9 Å². The maximum absolute atomic E-state index is 5.46. The molecule has 0 amide bonds. The van der Waals surface area contributed by atoms with E-state index in [-0.39, 0.29) is 0 Å². The third kappa shape index (κ3) is 3.56. The Labute approximate surface area is 122 Å². The van der Waals surface area contributed by atoms with Crippen molar-refractivity contribution < 1.29 is 9.47 Å². The summed E-state index contributed by atoms with van der Waals surface area (Å²) < 4.78 is 13.7. The van der Waals surface area contributed by atoms with Crippen LogP contribution in [0.25, 0.3) is 0 Å². The second kappa shape index (κ2) is 7.38. The van der Waals surface area contributed by atoms with Crippen LogP contribution in [0.15, 0.2) is 10.7 Å². The van der Waals surface area contributed by atoms with Crippen molar-refractivity contribution in [2.24, 2.45) is 5.92 Å². The number of nitrogens with zero attached hydrogens (tertiary/aromatic N) is 2. The topological polar surface area (TPSA) is 48.3 Å². The fourth-order valence-electron chi connectivity index (χ4n) is 2.68. The molecule has 0 aromatic carbocycles. The lowest BCUT2D eigenvalue weighted by atomic mass is 9.89. The lowest BCUT2D eigenvalue weighted by Gasteiger charge is -2.30. The van der Waals surface area contributed by atoms with Gasteiger partial charge < -0.3 is 14.8 Å². The van der Waals surface area contributed by atoms with Crippen molar-refractivity contribution in [2.45, 2.75) is 25.4 Å². The minimum Gasteiger partial charge on any atom is -0.383 e. The number of hydrogen-bond donors (Lipinski definition) is 1. The standard InChI is InChI=1S/C13H22BrN3O2/c1-15-12(10-3-6-19-7-4-10)13-11(14)9-16-17(13)5-8-18-2/h9-10,12,15H,3-8H2,1-2H3. The van der Waals surface area contributed by atoms with Crippen LogP contribution in [0.4, 0.5) is 0 Å². The van der Waals surface area contributed by atoms with E-state index in [0.29, 0.717) is 18.6 Å². The van der Waals surface area contributed by atoms with Gasteiger partial charge >= 0.3 is 0 Å². The fourth-order valence-corrected chi connectivity index (χ4v) is 3.22. The number of rotatable bonds is 6. The van der Waals surface area contributed by atoms with E-state index in [4.69, 9.17) is 9.47 Å². The lowest BCUT2D eigenvalue weighted by Crippen LogP contribution is -2.32. The van der Waals surface area contributed by atoms with Gasteiger partial charge in [0.25, 0.3) is 0 Å². The molecule has 0 spiro atoms. The summed E-state index contributed by atoms with van der Waals surface area (Å²) in [6.45, 7) is 3.16. The molecule has 2 rings (SSSR count). The van der Waals surface area contributed by atoms with E-state index in [1.54, 1.807) is 7.11 Å². The fraction of sp³-hybridized carbons (Fsp3) is 0.769. The average molecular weight is 332 g/mol. The van der Waals surface area contributed by atoms with Crippen molar-refractivity contribution in [3.63, 3.8) is 0 Å². The molecule has 6 heteroatoms. The molecule has 1 aromatic rings. The van der Waals surface area contributed by atoms with Gasteiger partial charge in [-0.1, -0.05) is 0 Å². The predicted molar refractivity (Wildman–Crippen MR) is 77.1 cm³/mol. The maximum Gasteiger partial charge on any atom is 0.0699 e. The van der Waals surface area contributed by atoms with Gasteiger partial charge in [-0.2, -0.15) is 5.10 Å². The molecule has 0 bridgehead atoms. The van der Waals surface area contributed by atoms with E-state index in [2.05, 4.69) is 26.3 Å². The van der Waals surface area contributed by atoms with Crippen molar-refractivity contribution in [3.05, 3.63) is 16.4 Å². The molecule has 1 saturated heterocycles. The average Bonchev–Trinajstić information content (AvgIpc) is 2.80. The molecule has 5 nitrogen and oxygen atoms in total. The van der Waals surface area contributed by atoms with Crippen LogP contribution < -0.4 is 5.32 Å². The molecule has 0 aliphatic carbocycles. The molecule has 1 N–H and O–H groups in total. The van der Waals surface area contributed by atoms with Crippen molar-refractivity contribution in [1.29, 1.82) is 0 Å². The van der Waals surface area contributed by atoms with Crippen LogP contribution in [0.3, 0.4) is 0 Å². The first-order chi connectivity index (χ1) is 9.27. The summed E-state index contributed by atoms with van der Waals surface area (Å²) in [5.41, 5.74) is 1.21.